The summed E-state index contributed by atoms with van der Waals surface area (Å²) in [7, 11) is 1.94. The van der Waals surface area contributed by atoms with Crippen LogP contribution in [0.2, 0.25) is 0 Å². The Labute approximate surface area is 138 Å². The zero-order valence-corrected chi connectivity index (χ0v) is 15.0. The van der Waals surface area contributed by atoms with Gasteiger partial charge in [-0.1, -0.05) is 39.0 Å². The number of carbonyl (C=O) groups is 1. The number of hydrogen-bond donors (Lipinski definition) is 1. The van der Waals surface area contributed by atoms with Crippen LogP contribution in [0.1, 0.15) is 49.7 Å². The van der Waals surface area contributed by atoms with Gasteiger partial charge < -0.3 is 5.32 Å². The molecule has 0 aliphatic heterocycles. The molecule has 0 radical (unpaired) electrons. The lowest BCUT2D eigenvalue weighted by Crippen LogP contribution is -2.19. The second kappa shape index (κ2) is 6.57. The van der Waals surface area contributed by atoms with Crippen molar-refractivity contribution < 1.29 is 4.79 Å². The van der Waals surface area contributed by atoms with E-state index in [1.54, 1.807) is 0 Å². The van der Waals surface area contributed by atoms with Crippen LogP contribution in [0.15, 0.2) is 24.3 Å². The Bertz CT molecular complexity index is 708. The van der Waals surface area contributed by atoms with Crippen molar-refractivity contribution >= 4 is 11.6 Å². The number of hydrogen-bond acceptors (Lipinski definition) is 2. The second-order valence-corrected chi connectivity index (χ2v) is 7.12. The number of benzene rings is 1. The van der Waals surface area contributed by atoms with Crippen LogP contribution in [0.5, 0.6) is 0 Å². The number of aromatic nitrogens is 2. The van der Waals surface area contributed by atoms with Crippen LogP contribution in [0.4, 0.5) is 5.69 Å². The fourth-order valence-electron chi connectivity index (χ4n) is 2.88. The Morgan fingerprint density at radius 3 is 2.43 bits per heavy atom. The largest absolute Gasteiger partial charge is 0.326 e. The van der Waals surface area contributed by atoms with Gasteiger partial charge in [0.1, 0.15) is 0 Å². The number of carbonyl (C=O) groups excluding carboxylic acids is 1. The quantitative estimate of drug-likeness (QED) is 0.930. The van der Waals surface area contributed by atoms with E-state index >= 15 is 0 Å². The normalized spacial score (nSPS) is 11.6. The molecule has 0 spiro atoms. The van der Waals surface area contributed by atoms with Gasteiger partial charge in [-0.3, -0.25) is 9.48 Å². The summed E-state index contributed by atoms with van der Waals surface area (Å²) in [5.41, 5.74) is 5.37. The lowest BCUT2D eigenvalue weighted by Gasteiger charge is -2.23. The van der Waals surface area contributed by atoms with Crippen molar-refractivity contribution in [1.29, 1.82) is 0 Å². The maximum absolute atomic E-state index is 12.4. The van der Waals surface area contributed by atoms with E-state index in [9.17, 15) is 4.79 Å². The highest BCUT2D eigenvalue weighted by Crippen LogP contribution is 2.29. The van der Waals surface area contributed by atoms with Crippen molar-refractivity contribution in [3.63, 3.8) is 0 Å². The smallest absolute Gasteiger partial charge is 0.224 e. The van der Waals surface area contributed by atoms with Crippen LogP contribution in [0.25, 0.3) is 0 Å². The topological polar surface area (TPSA) is 46.9 Å². The molecule has 0 bridgehead atoms. The molecule has 1 aromatic heterocycles. The lowest BCUT2D eigenvalue weighted by atomic mass is 9.86. The highest BCUT2D eigenvalue weighted by molar-refractivity contribution is 5.91. The summed E-state index contributed by atoms with van der Waals surface area (Å²) >= 11 is 0. The van der Waals surface area contributed by atoms with Crippen molar-refractivity contribution in [2.45, 2.75) is 52.9 Å². The highest BCUT2D eigenvalue weighted by Gasteiger charge is 2.19. The molecule has 4 heteroatoms. The molecule has 124 valence electrons. The Hall–Kier alpha value is -2.10. The van der Waals surface area contributed by atoms with E-state index in [0.717, 1.165) is 29.1 Å². The predicted octanol–water partition coefficient (Wildman–Crippen LogP) is 3.91. The molecule has 2 aromatic rings. The van der Waals surface area contributed by atoms with Gasteiger partial charge >= 0.3 is 0 Å². The van der Waals surface area contributed by atoms with Gasteiger partial charge in [0.25, 0.3) is 0 Å². The van der Waals surface area contributed by atoms with Crippen LogP contribution in [-0.4, -0.2) is 15.7 Å². The van der Waals surface area contributed by atoms with E-state index in [1.165, 1.54) is 5.56 Å². The molecule has 0 aliphatic carbocycles. The zero-order valence-electron chi connectivity index (χ0n) is 15.0. The van der Waals surface area contributed by atoms with Gasteiger partial charge in [0.2, 0.25) is 5.91 Å². The fraction of sp³-hybridized carbons (Fsp3) is 0.474. The second-order valence-electron chi connectivity index (χ2n) is 7.12. The molecule has 2 rings (SSSR count). The third-order valence-corrected chi connectivity index (χ3v) is 4.27. The number of nitrogens with zero attached hydrogens (tertiary/aromatic N) is 2. The summed E-state index contributed by atoms with van der Waals surface area (Å²) < 4.78 is 1.87. The summed E-state index contributed by atoms with van der Waals surface area (Å²) in [4.78, 5) is 12.4. The van der Waals surface area contributed by atoms with Gasteiger partial charge in [-0.05, 0) is 42.9 Å². The molecule has 0 unspecified atom stereocenters. The Balaban J connectivity index is 2.06. The minimum atomic E-state index is 0.000396. The van der Waals surface area contributed by atoms with E-state index in [0.29, 0.717) is 6.42 Å². The molecule has 0 fully saturated rings. The number of aryl methyl sites for hydroxylation is 2. The van der Waals surface area contributed by atoms with E-state index in [2.05, 4.69) is 37.3 Å². The third kappa shape index (κ3) is 4.01. The molecule has 0 atom stereocenters. The van der Waals surface area contributed by atoms with Crippen LogP contribution < -0.4 is 5.32 Å². The summed E-state index contributed by atoms with van der Waals surface area (Å²) in [6.45, 7) is 10.5. The molecule has 23 heavy (non-hydrogen) atoms. The fourth-order valence-corrected chi connectivity index (χ4v) is 2.88. The highest BCUT2D eigenvalue weighted by atomic mass is 16.1. The molecule has 1 amide bonds. The number of rotatable bonds is 4. The van der Waals surface area contributed by atoms with Gasteiger partial charge in [-0.15, -0.1) is 0 Å². The van der Waals surface area contributed by atoms with Gasteiger partial charge in [0.15, 0.2) is 0 Å². The average Bonchev–Trinajstić information content (AvgIpc) is 2.69. The van der Waals surface area contributed by atoms with E-state index in [-0.39, 0.29) is 11.3 Å². The van der Waals surface area contributed by atoms with Gasteiger partial charge in [-0.2, -0.15) is 5.10 Å². The molecule has 0 aliphatic rings. The average molecular weight is 313 g/mol. The lowest BCUT2D eigenvalue weighted by molar-refractivity contribution is -0.116. The third-order valence-electron chi connectivity index (χ3n) is 4.27. The molecule has 1 heterocycles. The first kappa shape index (κ1) is 17.3. The van der Waals surface area contributed by atoms with Crippen molar-refractivity contribution in [1.82, 2.24) is 9.78 Å². The molecule has 1 aromatic carbocycles. The van der Waals surface area contributed by atoms with Crippen LogP contribution in [0, 0.1) is 13.8 Å². The summed E-state index contributed by atoms with van der Waals surface area (Å²) in [6, 6.07) is 8.02. The van der Waals surface area contributed by atoms with Gasteiger partial charge in [0.05, 0.1) is 5.69 Å². The van der Waals surface area contributed by atoms with Crippen molar-refractivity contribution in [3.8, 4) is 0 Å². The first-order valence-corrected chi connectivity index (χ1v) is 8.08. The summed E-state index contributed by atoms with van der Waals surface area (Å²) in [5.74, 6) is 0.0457. The molecule has 0 saturated carbocycles. The van der Waals surface area contributed by atoms with Crippen molar-refractivity contribution in [2.24, 2.45) is 7.05 Å². The molecule has 4 nitrogen and oxygen atoms in total. The van der Waals surface area contributed by atoms with Crippen molar-refractivity contribution in [3.05, 3.63) is 46.8 Å². The van der Waals surface area contributed by atoms with Crippen LogP contribution in [0.3, 0.4) is 0 Å². The number of amides is 1. The molecular weight excluding hydrogens is 286 g/mol. The number of para-hydroxylation sites is 1. The maximum Gasteiger partial charge on any atom is 0.224 e. The van der Waals surface area contributed by atoms with Crippen LogP contribution >= 0.6 is 0 Å². The summed E-state index contributed by atoms with van der Waals surface area (Å²) in [6.07, 6.45) is 1.18. The molecule has 1 N–H and O–H groups in total. The Morgan fingerprint density at radius 1 is 1.22 bits per heavy atom. The van der Waals surface area contributed by atoms with E-state index < -0.39 is 0 Å². The van der Waals surface area contributed by atoms with Gasteiger partial charge in [0, 0.05) is 24.8 Å². The van der Waals surface area contributed by atoms with Crippen LogP contribution in [-0.2, 0) is 23.7 Å². The molecular formula is C19H27N3O. The zero-order chi connectivity index (χ0) is 17.2. The first-order chi connectivity index (χ1) is 10.7. The minimum absolute atomic E-state index is 0.000396. The van der Waals surface area contributed by atoms with E-state index in [4.69, 9.17) is 0 Å². The SMILES string of the molecule is Cc1nn(C)c(C)c1CCC(=O)Nc1ccccc1C(C)(C)C. The molecule has 0 saturated heterocycles. The van der Waals surface area contributed by atoms with E-state index in [1.807, 2.05) is 43.8 Å². The Morgan fingerprint density at radius 2 is 1.87 bits per heavy atom. The summed E-state index contributed by atoms with van der Waals surface area (Å²) in [5, 5.41) is 7.47. The van der Waals surface area contributed by atoms with Gasteiger partial charge in [-0.25, -0.2) is 0 Å². The Kier molecular flexibility index (Phi) is 4.93. The van der Waals surface area contributed by atoms with Crippen molar-refractivity contribution in [2.75, 3.05) is 5.32 Å². The maximum atomic E-state index is 12.4. The number of anilines is 1. The first-order valence-electron chi connectivity index (χ1n) is 8.08. The predicted molar refractivity (Wildman–Crippen MR) is 94.8 cm³/mol. The standard InChI is InChI=1S/C19H27N3O/c1-13-15(14(2)22(6)21-13)11-12-18(23)20-17-10-8-7-9-16(17)19(3,4)5/h7-10H,11-12H2,1-6H3,(H,20,23). The number of nitrogens with one attached hydrogen (secondary N) is 1. The minimum Gasteiger partial charge on any atom is -0.326 e. The monoisotopic (exact) mass is 313 g/mol.